The summed E-state index contributed by atoms with van der Waals surface area (Å²) in [6.45, 7) is 6.51. The number of H-pyrrole nitrogens is 2. The number of rotatable bonds is 9. The van der Waals surface area contributed by atoms with Crippen LogP contribution in [0.2, 0.25) is 0 Å². The first-order valence-corrected chi connectivity index (χ1v) is 16.1. The maximum Gasteiger partial charge on any atom is 0.490 e. The Morgan fingerprint density at radius 1 is 0.842 bits per heavy atom. The van der Waals surface area contributed by atoms with Gasteiger partial charge in [-0.3, -0.25) is 9.89 Å². The van der Waals surface area contributed by atoms with E-state index in [9.17, 15) is 44.3 Å². The lowest BCUT2D eigenvalue weighted by atomic mass is 10.1. The van der Waals surface area contributed by atoms with Gasteiger partial charge < -0.3 is 39.7 Å². The zero-order chi connectivity index (χ0) is 43.1. The molecule has 4 aromatic rings. The average Bonchev–Trinajstić information content (AvgIpc) is 3.82. The van der Waals surface area contributed by atoms with Gasteiger partial charge in [0.25, 0.3) is 5.91 Å². The van der Waals surface area contributed by atoms with Crippen LogP contribution in [-0.2, 0) is 20.9 Å². The third-order valence-electron chi connectivity index (χ3n) is 7.52. The molecule has 15 nitrogen and oxygen atoms in total. The molecule has 1 amide bonds. The summed E-state index contributed by atoms with van der Waals surface area (Å²) in [4.78, 5) is 55.1. The van der Waals surface area contributed by atoms with E-state index in [0.29, 0.717) is 24.4 Å². The van der Waals surface area contributed by atoms with Gasteiger partial charge in [0, 0.05) is 56.4 Å². The molecule has 0 atom stereocenters. The maximum atomic E-state index is 13.7. The van der Waals surface area contributed by atoms with Crippen LogP contribution in [0.3, 0.4) is 0 Å². The summed E-state index contributed by atoms with van der Waals surface area (Å²) in [5.74, 6) is -7.51. The number of benzene rings is 1. The molecule has 1 aliphatic rings. The molecule has 1 saturated heterocycles. The number of hydrogen-bond donors (Lipinski definition) is 5. The molecule has 5 N–H and O–H groups in total. The minimum absolute atomic E-state index is 0.0286. The molecule has 4 heterocycles. The fourth-order valence-corrected chi connectivity index (χ4v) is 4.64. The van der Waals surface area contributed by atoms with E-state index in [2.05, 4.69) is 32.0 Å². The van der Waals surface area contributed by atoms with Crippen LogP contribution in [0.1, 0.15) is 22.5 Å². The highest BCUT2D eigenvalue weighted by molar-refractivity contribution is 5.97. The van der Waals surface area contributed by atoms with Crippen molar-refractivity contribution in [2.75, 3.05) is 53.4 Å². The Hall–Kier alpha value is -5.91. The number of fused-ring (bicyclic) bond motifs is 1. The number of pyridine rings is 1. The number of halogens is 9. The van der Waals surface area contributed by atoms with Gasteiger partial charge in [0.15, 0.2) is 0 Å². The van der Waals surface area contributed by atoms with Crippen molar-refractivity contribution in [2.24, 2.45) is 0 Å². The van der Waals surface area contributed by atoms with Crippen molar-refractivity contribution in [2.45, 2.75) is 31.5 Å². The Balaban J connectivity index is 0.000000438. The highest BCUT2D eigenvalue weighted by Gasteiger charge is 2.39. The molecule has 314 valence electrons. The summed E-state index contributed by atoms with van der Waals surface area (Å²) in [5, 5.41) is 29.1. The molecule has 1 aliphatic heterocycles. The molecule has 3 aromatic heterocycles. The van der Waals surface area contributed by atoms with Crippen LogP contribution in [0.15, 0.2) is 54.9 Å². The Morgan fingerprint density at radius 2 is 1.40 bits per heavy atom. The SMILES string of the molecule is COc1cccc(CN(CCCN2CCN(C)CC2)C(=O)c2cc3ccc(-c4cn[nH]c4)nc3[nH]2)c1.O=C(O)C(F)(F)F.O=C(O)C(F)(F)F.O=C(O)C(F)(F)F. The molecular weight excluding hydrogens is 793 g/mol. The Labute approximate surface area is 316 Å². The molecule has 57 heavy (non-hydrogen) atoms. The van der Waals surface area contributed by atoms with Gasteiger partial charge in [0.2, 0.25) is 0 Å². The molecule has 24 heteroatoms. The molecule has 1 aromatic carbocycles. The van der Waals surface area contributed by atoms with E-state index in [1.54, 1.807) is 19.5 Å². The first kappa shape index (κ1) is 47.2. The highest BCUT2D eigenvalue weighted by atomic mass is 19.4. The van der Waals surface area contributed by atoms with E-state index in [4.69, 9.17) is 39.4 Å². The van der Waals surface area contributed by atoms with Gasteiger partial charge in [0.1, 0.15) is 17.1 Å². The minimum atomic E-state index is -5.08. The van der Waals surface area contributed by atoms with E-state index < -0.39 is 36.4 Å². The molecule has 0 unspecified atom stereocenters. The number of alkyl halides is 9. The van der Waals surface area contributed by atoms with Crippen molar-refractivity contribution < 1.29 is 78.7 Å². The molecular formula is C33H36F9N7O8. The molecule has 0 saturated carbocycles. The third kappa shape index (κ3) is 16.4. The smallest absolute Gasteiger partial charge is 0.490 e. The summed E-state index contributed by atoms with van der Waals surface area (Å²) in [6.07, 6.45) is -10.8. The van der Waals surface area contributed by atoms with Gasteiger partial charge in [-0.25, -0.2) is 19.4 Å². The van der Waals surface area contributed by atoms with Crippen LogP contribution in [0, 0.1) is 0 Å². The number of piperazine rings is 1. The second-order valence-corrected chi connectivity index (χ2v) is 11.8. The molecule has 5 rings (SSSR count). The molecule has 0 spiro atoms. The van der Waals surface area contributed by atoms with Crippen LogP contribution in [-0.4, -0.2) is 146 Å². The number of aromatic nitrogens is 4. The zero-order valence-corrected chi connectivity index (χ0v) is 29.9. The van der Waals surface area contributed by atoms with Crippen LogP contribution in [0.5, 0.6) is 5.75 Å². The van der Waals surface area contributed by atoms with Crippen LogP contribution in [0.4, 0.5) is 39.5 Å². The van der Waals surface area contributed by atoms with Crippen molar-refractivity contribution in [3.05, 3.63) is 66.1 Å². The van der Waals surface area contributed by atoms with Crippen molar-refractivity contribution in [3.8, 4) is 17.0 Å². The van der Waals surface area contributed by atoms with Gasteiger partial charge >= 0.3 is 36.4 Å². The Kier molecular flexibility index (Phi) is 17.3. The summed E-state index contributed by atoms with van der Waals surface area (Å²) in [5.41, 5.74) is 3.99. The number of methoxy groups -OCH3 is 1. The van der Waals surface area contributed by atoms with E-state index in [-0.39, 0.29) is 5.91 Å². The number of carboxylic acid groups (broad SMARTS) is 3. The van der Waals surface area contributed by atoms with Crippen LogP contribution in [0.25, 0.3) is 22.3 Å². The lowest BCUT2D eigenvalue weighted by molar-refractivity contribution is -0.193. The standard InChI is InChI=1S/C27H33N7O2.3C2HF3O2/c1-32-11-13-33(14-12-32)9-4-10-34(19-20-5-3-6-23(15-20)36-2)27(35)25-16-21-7-8-24(30-26(21)31-25)22-17-28-29-18-22;3*3-2(4,5)1(6)7/h3,5-8,15-18H,4,9-14,19H2,1-2H3,(H,28,29)(H,30,31);3*(H,6,7). The summed E-state index contributed by atoms with van der Waals surface area (Å²) < 4.78 is 101. The van der Waals surface area contributed by atoms with Crippen molar-refractivity contribution in [1.29, 1.82) is 0 Å². The van der Waals surface area contributed by atoms with Crippen molar-refractivity contribution in [1.82, 2.24) is 34.9 Å². The monoisotopic (exact) mass is 829 g/mol. The van der Waals surface area contributed by atoms with Gasteiger partial charge in [-0.1, -0.05) is 12.1 Å². The lowest BCUT2D eigenvalue weighted by Crippen LogP contribution is -2.45. The normalized spacial score (nSPS) is 13.5. The Morgan fingerprint density at radius 3 is 1.89 bits per heavy atom. The van der Waals surface area contributed by atoms with E-state index >= 15 is 0 Å². The van der Waals surface area contributed by atoms with Gasteiger partial charge in [-0.05, 0) is 55.9 Å². The highest BCUT2D eigenvalue weighted by Crippen LogP contribution is 2.23. The molecule has 0 aliphatic carbocycles. The van der Waals surface area contributed by atoms with Gasteiger partial charge in [0.05, 0.1) is 19.0 Å². The largest absolute Gasteiger partial charge is 0.497 e. The summed E-state index contributed by atoms with van der Waals surface area (Å²) >= 11 is 0. The number of carbonyl (C=O) groups excluding carboxylic acids is 1. The van der Waals surface area contributed by atoms with E-state index in [0.717, 1.165) is 67.1 Å². The predicted octanol–water partition coefficient (Wildman–Crippen LogP) is 5.14. The number of amides is 1. The maximum absolute atomic E-state index is 13.7. The number of ether oxygens (including phenoxy) is 1. The number of hydrogen-bond acceptors (Lipinski definition) is 9. The fourth-order valence-electron chi connectivity index (χ4n) is 4.64. The Bertz CT molecular complexity index is 1850. The summed E-state index contributed by atoms with van der Waals surface area (Å²) in [6, 6.07) is 13.7. The zero-order valence-electron chi connectivity index (χ0n) is 29.9. The molecule has 1 fully saturated rings. The fraction of sp³-hybridized carbons (Fsp3) is 0.394. The number of carboxylic acids is 3. The second kappa shape index (κ2) is 20.8. The van der Waals surface area contributed by atoms with E-state index in [1.807, 2.05) is 47.4 Å². The quantitative estimate of drug-likeness (QED) is 0.139. The molecule has 0 bridgehead atoms. The van der Waals surface area contributed by atoms with E-state index in [1.165, 1.54) is 0 Å². The number of nitrogens with zero attached hydrogens (tertiary/aromatic N) is 5. The van der Waals surface area contributed by atoms with Crippen molar-refractivity contribution >= 4 is 34.8 Å². The average molecular weight is 830 g/mol. The third-order valence-corrected chi connectivity index (χ3v) is 7.52. The van der Waals surface area contributed by atoms with Crippen LogP contribution >= 0.6 is 0 Å². The van der Waals surface area contributed by atoms with Crippen molar-refractivity contribution in [3.63, 3.8) is 0 Å². The predicted molar refractivity (Wildman–Crippen MR) is 181 cm³/mol. The first-order chi connectivity index (χ1) is 26.4. The lowest BCUT2D eigenvalue weighted by Gasteiger charge is -2.33. The van der Waals surface area contributed by atoms with Gasteiger partial charge in [-0.15, -0.1) is 0 Å². The van der Waals surface area contributed by atoms with Gasteiger partial charge in [-0.2, -0.15) is 44.6 Å². The number of likely N-dealkylation sites (N-methyl/N-ethyl adjacent to an activating group) is 1. The molecule has 0 radical (unpaired) electrons. The topological polar surface area (TPSA) is 205 Å². The second-order valence-electron chi connectivity index (χ2n) is 11.8. The summed E-state index contributed by atoms with van der Waals surface area (Å²) in [7, 11) is 3.83. The minimum Gasteiger partial charge on any atom is -0.497 e. The first-order valence-electron chi connectivity index (χ1n) is 16.1. The number of aromatic amines is 2. The number of aliphatic carboxylic acids is 3. The van der Waals surface area contributed by atoms with Crippen LogP contribution < -0.4 is 4.74 Å². The number of carbonyl (C=O) groups is 4. The number of nitrogens with one attached hydrogen (secondary N) is 2.